The van der Waals surface area contributed by atoms with Crippen LogP contribution in [0, 0.1) is 5.92 Å². The van der Waals surface area contributed by atoms with Gasteiger partial charge >= 0.3 is 0 Å². The van der Waals surface area contributed by atoms with Gasteiger partial charge in [-0.2, -0.15) is 0 Å². The molecule has 0 bridgehead atoms. The van der Waals surface area contributed by atoms with Crippen LogP contribution >= 0.6 is 0 Å². The number of allylic oxidation sites excluding steroid dienone is 2. The molecule has 0 radical (unpaired) electrons. The summed E-state index contributed by atoms with van der Waals surface area (Å²) >= 11 is 0. The minimum atomic E-state index is -0.283. The van der Waals surface area contributed by atoms with Crippen molar-refractivity contribution in [2.75, 3.05) is 26.7 Å². The molecule has 1 amide bonds. The van der Waals surface area contributed by atoms with E-state index in [0.717, 1.165) is 36.9 Å². The van der Waals surface area contributed by atoms with Crippen molar-refractivity contribution >= 4 is 11.5 Å². The molecule has 3 atom stereocenters. The van der Waals surface area contributed by atoms with Gasteiger partial charge in [0, 0.05) is 44.1 Å². The lowest BCUT2D eigenvalue weighted by molar-refractivity contribution is 0.0325. The standard InChI is InChI=1S/C26H34N4O3/c1-18-14-30(19(2)17-31)26(32)23-11-22(21-8-4-5-9-21)13-28-25(23)33-24(18)16-29(3)15-20-7-6-10-27-12-20/h6-8,10-13,18-19,24,31H,4-5,9,14-17H2,1-3H3/t18-,19+,24+/m1/s1. The van der Waals surface area contributed by atoms with E-state index in [9.17, 15) is 9.90 Å². The van der Waals surface area contributed by atoms with E-state index < -0.39 is 0 Å². The van der Waals surface area contributed by atoms with Gasteiger partial charge in [0.05, 0.1) is 12.6 Å². The molecule has 7 heteroatoms. The SMILES string of the molecule is C[C@@H]1CN([C@@H](C)CO)C(=O)c2cc(C3=CCCC3)cnc2O[C@H]1CN(C)Cc1cccnc1. The molecule has 33 heavy (non-hydrogen) atoms. The Morgan fingerprint density at radius 1 is 1.36 bits per heavy atom. The number of hydrogen-bond acceptors (Lipinski definition) is 6. The minimum Gasteiger partial charge on any atom is -0.472 e. The first-order chi connectivity index (χ1) is 16.0. The van der Waals surface area contributed by atoms with Gasteiger partial charge in [-0.15, -0.1) is 0 Å². The fourth-order valence-corrected chi connectivity index (χ4v) is 4.60. The third-order valence-corrected chi connectivity index (χ3v) is 6.60. The normalized spacial score (nSPS) is 21.8. The first kappa shape index (κ1) is 23.4. The lowest BCUT2D eigenvalue weighted by Crippen LogP contribution is -2.49. The third kappa shape index (κ3) is 5.42. The molecule has 1 N–H and O–H groups in total. The highest BCUT2D eigenvalue weighted by atomic mass is 16.5. The van der Waals surface area contributed by atoms with Gasteiger partial charge in [0.1, 0.15) is 11.7 Å². The number of pyridine rings is 2. The topological polar surface area (TPSA) is 78.8 Å². The van der Waals surface area contributed by atoms with Gasteiger partial charge in [0.25, 0.3) is 5.91 Å². The Balaban J connectivity index is 1.62. The van der Waals surface area contributed by atoms with E-state index in [0.29, 0.717) is 24.5 Å². The van der Waals surface area contributed by atoms with Gasteiger partial charge in [0.15, 0.2) is 0 Å². The van der Waals surface area contributed by atoms with E-state index in [2.05, 4.69) is 41.0 Å². The molecule has 4 rings (SSSR count). The van der Waals surface area contributed by atoms with E-state index in [1.807, 2.05) is 31.5 Å². The number of carbonyl (C=O) groups excluding carboxylic acids is 1. The largest absolute Gasteiger partial charge is 0.472 e. The Labute approximate surface area is 196 Å². The van der Waals surface area contributed by atoms with Crippen molar-refractivity contribution in [2.24, 2.45) is 5.92 Å². The summed E-state index contributed by atoms with van der Waals surface area (Å²) in [5.74, 6) is 0.309. The number of amides is 1. The van der Waals surface area contributed by atoms with E-state index in [4.69, 9.17) is 4.74 Å². The van der Waals surface area contributed by atoms with Crippen LogP contribution in [0.15, 0.2) is 42.9 Å². The molecule has 0 spiro atoms. The second-order valence-electron chi connectivity index (χ2n) is 9.38. The summed E-state index contributed by atoms with van der Waals surface area (Å²) in [7, 11) is 2.06. The number of hydrogen-bond donors (Lipinski definition) is 1. The molecule has 2 aromatic rings. The van der Waals surface area contributed by atoms with Crippen LogP contribution in [-0.4, -0.2) is 69.7 Å². The number of aliphatic hydroxyl groups is 1. The second kappa shape index (κ2) is 10.4. The van der Waals surface area contributed by atoms with Crippen LogP contribution in [0.3, 0.4) is 0 Å². The molecule has 7 nitrogen and oxygen atoms in total. The lowest BCUT2D eigenvalue weighted by Gasteiger charge is -2.37. The highest BCUT2D eigenvalue weighted by Crippen LogP contribution is 2.32. The third-order valence-electron chi connectivity index (χ3n) is 6.60. The van der Waals surface area contributed by atoms with E-state index in [1.165, 1.54) is 5.57 Å². The van der Waals surface area contributed by atoms with E-state index in [-0.39, 0.29) is 30.6 Å². The molecule has 2 aromatic heterocycles. The quantitative estimate of drug-likeness (QED) is 0.697. The summed E-state index contributed by atoms with van der Waals surface area (Å²) in [4.78, 5) is 26.3. The van der Waals surface area contributed by atoms with Crippen molar-refractivity contribution < 1.29 is 14.6 Å². The van der Waals surface area contributed by atoms with Gasteiger partial charge in [-0.1, -0.05) is 19.1 Å². The van der Waals surface area contributed by atoms with E-state index in [1.54, 1.807) is 11.1 Å². The number of carbonyl (C=O) groups is 1. The maximum atomic E-state index is 13.5. The zero-order valence-electron chi connectivity index (χ0n) is 19.8. The van der Waals surface area contributed by atoms with Gasteiger partial charge in [-0.25, -0.2) is 4.98 Å². The Bertz CT molecular complexity index is 994. The minimum absolute atomic E-state index is 0.0615. The molecule has 1 aliphatic carbocycles. The van der Waals surface area contributed by atoms with Crippen molar-refractivity contribution in [2.45, 2.75) is 51.8 Å². The molecule has 3 heterocycles. The first-order valence-corrected chi connectivity index (χ1v) is 11.8. The van der Waals surface area contributed by atoms with Crippen LogP contribution in [0.2, 0.25) is 0 Å². The fraction of sp³-hybridized carbons (Fsp3) is 0.500. The van der Waals surface area contributed by atoms with Crippen LogP contribution in [0.25, 0.3) is 5.57 Å². The molecular weight excluding hydrogens is 416 g/mol. The van der Waals surface area contributed by atoms with Gasteiger partial charge in [0.2, 0.25) is 5.88 Å². The summed E-state index contributed by atoms with van der Waals surface area (Å²) < 4.78 is 6.41. The molecule has 0 saturated heterocycles. The summed E-state index contributed by atoms with van der Waals surface area (Å²) in [6.45, 7) is 5.84. The van der Waals surface area contributed by atoms with Crippen molar-refractivity contribution in [3.63, 3.8) is 0 Å². The predicted molar refractivity (Wildman–Crippen MR) is 128 cm³/mol. The number of rotatable bonds is 7. The van der Waals surface area contributed by atoms with Crippen molar-refractivity contribution in [1.29, 1.82) is 0 Å². The van der Waals surface area contributed by atoms with E-state index >= 15 is 0 Å². The Kier molecular flexibility index (Phi) is 7.40. The second-order valence-corrected chi connectivity index (χ2v) is 9.38. The number of aliphatic hydroxyl groups excluding tert-OH is 1. The summed E-state index contributed by atoms with van der Waals surface area (Å²) in [5.41, 5.74) is 3.84. The first-order valence-electron chi connectivity index (χ1n) is 11.8. The monoisotopic (exact) mass is 450 g/mol. The summed E-state index contributed by atoms with van der Waals surface area (Å²) in [5, 5.41) is 9.84. The predicted octanol–water partition coefficient (Wildman–Crippen LogP) is 3.40. The zero-order chi connectivity index (χ0) is 23.4. The molecule has 0 fully saturated rings. The average Bonchev–Trinajstić information content (AvgIpc) is 3.36. The number of aromatic nitrogens is 2. The van der Waals surface area contributed by atoms with Gasteiger partial charge < -0.3 is 14.7 Å². The molecular formula is C26H34N4O3. The van der Waals surface area contributed by atoms with Gasteiger partial charge in [-0.05, 0) is 62.1 Å². The Morgan fingerprint density at radius 3 is 2.91 bits per heavy atom. The van der Waals surface area contributed by atoms with Crippen LogP contribution in [-0.2, 0) is 6.54 Å². The van der Waals surface area contributed by atoms with Crippen LogP contribution in [0.1, 0.15) is 54.6 Å². The highest BCUT2D eigenvalue weighted by Gasteiger charge is 2.34. The average molecular weight is 451 g/mol. The van der Waals surface area contributed by atoms with Crippen molar-refractivity contribution in [3.8, 4) is 5.88 Å². The maximum Gasteiger partial charge on any atom is 0.259 e. The molecule has 1 aliphatic heterocycles. The fourth-order valence-electron chi connectivity index (χ4n) is 4.60. The molecule has 0 aromatic carbocycles. The van der Waals surface area contributed by atoms with Crippen molar-refractivity contribution in [3.05, 3.63) is 59.6 Å². The molecule has 0 saturated carbocycles. The molecule has 0 unspecified atom stereocenters. The molecule has 2 aliphatic rings. The lowest BCUT2D eigenvalue weighted by atomic mass is 9.99. The van der Waals surface area contributed by atoms with Crippen LogP contribution < -0.4 is 4.74 Å². The number of likely N-dealkylation sites (N-methyl/N-ethyl adjacent to an activating group) is 1. The molecule has 176 valence electrons. The maximum absolute atomic E-state index is 13.5. The smallest absolute Gasteiger partial charge is 0.259 e. The summed E-state index contributed by atoms with van der Waals surface area (Å²) in [6.07, 6.45) is 10.7. The van der Waals surface area contributed by atoms with Crippen LogP contribution in [0.4, 0.5) is 0 Å². The zero-order valence-corrected chi connectivity index (χ0v) is 19.8. The Morgan fingerprint density at radius 2 is 2.21 bits per heavy atom. The van der Waals surface area contributed by atoms with Crippen molar-refractivity contribution in [1.82, 2.24) is 19.8 Å². The van der Waals surface area contributed by atoms with Crippen LogP contribution in [0.5, 0.6) is 5.88 Å². The number of fused-ring (bicyclic) bond motifs is 1. The Hall–Kier alpha value is -2.77. The number of nitrogens with zero attached hydrogens (tertiary/aromatic N) is 4. The number of ether oxygens (including phenoxy) is 1. The highest BCUT2D eigenvalue weighted by molar-refractivity contribution is 5.97. The summed E-state index contributed by atoms with van der Waals surface area (Å²) in [6, 6.07) is 5.64. The van der Waals surface area contributed by atoms with Gasteiger partial charge in [-0.3, -0.25) is 14.7 Å².